The SMILES string of the molecule is CCOc1cc2c(cc1CNC(=NC)NCc1ccc(S(C)(=O)=O)c(C)c1)OC(C)C2. The predicted octanol–water partition coefficient (Wildman–Crippen LogP) is 2.99. The molecule has 168 valence electrons. The molecule has 2 N–H and O–H groups in total. The van der Waals surface area contributed by atoms with Crippen molar-refractivity contribution in [1.82, 2.24) is 10.6 Å². The number of nitrogens with zero attached hydrogens (tertiary/aromatic N) is 1. The van der Waals surface area contributed by atoms with E-state index in [0.29, 0.717) is 30.6 Å². The van der Waals surface area contributed by atoms with Gasteiger partial charge in [0.2, 0.25) is 0 Å². The van der Waals surface area contributed by atoms with E-state index < -0.39 is 9.84 Å². The molecule has 0 bridgehead atoms. The Morgan fingerprint density at radius 3 is 2.61 bits per heavy atom. The van der Waals surface area contributed by atoms with E-state index in [9.17, 15) is 8.42 Å². The Balaban J connectivity index is 1.65. The molecule has 0 saturated carbocycles. The van der Waals surface area contributed by atoms with Gasteiger partial charge >= 0.3 is 0 Å². The number of guanidine groups is 1. The molecule has 0 radical (unpaired) electrons. The molecule has 31 heavy (non-hydrogen) atoms. The van der Waals surface area contributed by atoms with Crippen LogP contribution in [0.1, 0.15) is 36.1 Å². The van der Waals surface area contributed by atoms with Crippen LogP contribution in [0.25, 0.3) is 0 Å². The van der Waals surface area contributed by atoms with Crippen LogP contribution in [0.2, 0.25) is 0 Å². The second-order valence-electron chi connectivity index (χ2n) is 7.78. The number of rotatable bonds is 7. The summed E-state index contributed by atoms with van der Waals surface area (Å²) in [7, 11) is -1.51. The van der Waals surface area contributed by atoms with Gasteiger partial charge < -0.3 is 20.1 Å². The Hall–Kier alpha value is -2.74. The first kappa shape index (κ1) is 22.9. The molecule has 8 heteroatoms. The predicted molar refractivity (Wildman–Crippen MR) is 123 cm³/mol. The lowest BCUT2D eigenvalue weighted by Crippen LogP contribution is -2.36. The molecule has 0 fully saturated rings. The van der Waals surface area contributed by atoms with Gasteiger partial charge in [0.25, 0.3) is 0 Å². The molecule has 3 rings (SSSR count). The number of fused-ring (bicyclic) bond motifs is 1. The monoisotopic (exact) mass is 445 g/mol. The van der Waals surface area contributed by atoms with Crippen molar-refractivity contribution in [3.8, 4) is 11.5 Å². The number of hydrogen-bond acceptors (Lipinski definition) is 5. The lowest BCUT2D eigenvalue weighted by Gasteiger charge is -2.16. The minimum absolute atomic E-state index is 0.180. The van der Waals surface area contributed by atoms with Crippen molar-refractivity contribution in [1.29, 1.82) is 0 Å². The Morgan fingerprint density at radius 1 is 1.23 bits per heavy atom. The average molecular weight is 446 g/mol. The van der Waals surface area contributed by atoms with Crippen molar-refractivity contribution in [2.75, 3.05) is 19.9 Å². The highest BCUT2D eigenvalue weighted by atomic mass is 32.2. The lowest BCUT2D eigenvalue weighted by atomic mass is 10.1. The largest absolute Gasteiger partial charge is 0.494 e. The Labute approximate surface area is 184 Å². The molecular weight excluding hydrogens is 414 g/mol. The lowest BCUT2D eigenvalue weighted by molar-refractivity contribution is 0.254. The van der Waals surface area contributed by atoms with Crippen LogP contribution >= 0.6 is 0 Å². The van der Waals surface area contributed by atoms with Crippen LogP contribution in [0.5, 0.6) is 11.5 Å². The zero-order chi connectivity index (χ0) is 22.6. The molecule has 0 amide bonds. The van der Waals surface area contributed by atoms with E-state index in [2.05, 4.69) is 28.6 Å². The molecule has 0 saturated heterocycles. The molecule has 0 spiro atoms. The van der Waals surface area contributed by atoms with Gasteiger partial charge in [0.15, 0.2) is 15.8 Å². The summed E-state index contributed by atoms with van der Waals surface area (Å²) in [6.07, 6.45) is 2.30. The van der Waals surface area contributed by atoms with Crippen molar-refractivity contribution in [3.63, 3.8) is 0 Å². The van der Waals surface area contributed by atoms with E-state index in [1.807, 2.05) is 25.1 Å². The summed E-state index contributed by atoms with van der Waals surface area (Å²) in [6.45, 7) is 7.49. The summed E-state index contributed by atoms with van der Waals surface area (Å²) in [6, 6.07) is 9.45. The van der Waals surface area contributed by atoms with Gasteiger partial charge in [0.1, 0.15) is 17.6 Å². The summed E-state index contributed by atoms with van der Waals surface area (Å²) < 4.78 is 35.3. The molecule has 0 aliphatic carbocycles. The van der Waals surface area contributed by atoms with Gasteiger partial charge in [0, 0.05) is 43.9 Å². The fraction of sp³-hybridized carbons (Fsp3) is 0.435. The highest BCUT2D eigenvalue weighted by molar-refractivity contribution is 7.90. The highest BCUT2D eigenvalue weighted by Crippen LogP contribution is 2.35. The number of ether oxygens (including phenoxy) is 2. The van der Waals surface area contributed by atoms with E-state index in [4.69, 9.17) is 9.47 Å². The van der Waals surface area contributed by atoms with Crippen molar-refractivity contribution in [2.45, 2.75) is 51.3 Å². The van der Waals surface area contributed by atoms with Gasteiger partial charge in [-0.1, -0.05) is 12.1 Å². The second kappa shape index (κ2) is 9.60. The van der Waals surface area contributed by atoms with Gasteiger partial charge in [0.05, 0.1) is 11.5 Å². The Morgan fingerprint density at radius 2 is 1.97 bits per heavy atom. The molecule has 7 nitrogen and oxygen atoms in total. The number of benzene rings is 2. The van der Waals surface area contributed by atoms with Crippen LogP contribution in [-0.2, 0) is 29.3 Å². The van der Waals surface area contributed by atoms with E-state index in [-0.39, 0.29) is 6.10 Å². The van der Waals surface area contributed by atoms with Crippen LogP contribution in [0.3, 0.4) is 0 Å². The molecule has 1 atom stereocenters. The van der Waals surface area contributed by atoms with Crippen molar-refractivity contribution < 1.29 is 17.9 Å². The zero-order valence-electron chi connectivity index (χ0n) is 18.8. The third-order valence-electron chi connectivity index (χ3n) is 5.15. The van der Waals surface area contributed by atoms with Crippen LogP contribution in [-0.4, -0.2) is 40.4 Å². The minimum atomic E-state index is -3.22. The minimum Gasteiger partial charge on any atom is -0.494 e. The molecule has 0 aromatic heterocycles. The summed E-state index contributed by atoms with van der Waals surface area (Å²) in [5, 5.41) is 6.58. The number of nitrogens with one attached hydrogen (secondary N) is 2. The van der Waals surface area contributed by atoms with Crippen LogP contribution in [0, 0.1) is 6.92 Å². The average Bonchev–Trinajstić information content (AvgIpc) is 3.06. The second-order valence-corrected chi connectivity index (χ2v) is 9.77. The molecule has 1 aliphatic rings. The van der Waals surface area contributed by atoms with E-state index >= 15 is 0 Å². The molecular formula is C23H31N3O4S. The first-order valence-electron chi connectivity index (χ1n) is 10.4. The van der Waals surface area contributed by atoms with Gasteiger partial charge in [-0.2, -0.15) is 0 Å². The van der Waals surface area contributed by atoms with Gasteiger partial charge in [-0.05, 0) is 50.1 Å². The van der Waals surface area contributed by atoms with Crippen LogP contribution in [0.15, 0.2) is 40.2 Å². The highest BCUT2D eigenvalue weighted by Gasteiger charge is 2.22. The van der Waals surface area contributed by atoms with Crippen molar-refractivity contribution in [2.24, 2.45) is 4.99 Å². The molecule has 1 aliphatic heterocycles. The summed E-state index contributed by atoms with van der Waals surface area (Å²) in [4.78, 5) is 4.64. The summed E-state index contributed by atoms with van der Waals surface area (Å²) in [5.41, 5.74) is 3.89. The van der Waals surface area contributed by atoms with Gasteiger partial charge in [-0.15, -0.1) is 0 Å². The molecule has 1 unspecified atom stereocenters. The number of sulfone groups is 1. The summed E-state index contributed by atoms with van der Waals surface area (Å²) in [5.74, 6) is 2.41. The fourth-order valence-electron chi connectivity index (χ4n) is 3.73. The smallest absolute Gasteiger partial charge is 0.191 e. The standard InChI is InChI=1S/C23H31N3O4S/c1-6-29-20-11-18-10-16(3)30-21(18)12-19(20)14-26-23(24-4)25-13-17-7-8-22(15(2)9-17)31(5,27)28/h7-9,11-12,16H,6,10,13-14H2,1-5H3,(H2,24,25,26). The Bertz CT molecular complexity index is 1080. The van der Waals surface area contributed by atoms with Crippen molar-refractivity contribution in [3.05, 3.63) is 52.6 Å². The maximum absolute atomic E-state index is 11.8. The molecule has 2 aromatic carbocycles. The molecule has 2 aromatic rings. The number of hydrogen-bond donors (Lipinski definition) is 2. The topological polar surface area (TPSA) is 89.0 Å². The maximum Gasteiger partial charge on any atom is 0.191 e. The van der Waals surface area contributed by atoms with E-state index in [1.54, 1.807) is 20.0 Å². The first-order valence-corrected chi connectivity index (χ1v) is 12.3. The third-order valence-corrected chi connectivity index (χ3v) is 6.40. The Kier molecular flexibility index (Phi) is 7.10. The summed E-state index contributed by atoms with van der Waals surface area (Å²) >= 11 is 0. The van der Waals surface area contributed by atoms with Crippen molar-refractivity contribution >= 4 is 15.8 Å². The normalized spacial score (nSPS) is 15.9. The third kappa shape index (κ3) is 5.70. The molecule has 1 heterocycles. The van der Waals surface area contributed by atoms with Crippen LogP contribution < -0.4 is 20.1 Å². The fourth-order valence-corrected chi connectivity index (χ4v) is 4.69. The number of aliphatic imine (C=N–C) groups is 1. The zero-order valence-corrected chi connectivity index (χ0v) is 19.6. The van der Waals surface area contributed by atoms with E-state index in [0.717, 1.165) is 34.6 Å². The van der Waals surface area contributed by atoms with Gasteiger partial charge in [-0.3, -0.25) is 4.99 Å². The van der Waals surface area contributed by atoms with E-state index in [1.165, 1.54) is 11.8 Å². The first-order chi connectivity index (χ1) is 14.7. The van der Waals surface area contributed by atoms with Gasteiger partial charge in [-0.25, -0.2) is 8.42 Å². The quantitative estimate of drug-likeness (QED) is 0.503. The number of aryl methyl sites for hydroxylation is 1. The maximum atomic E-state index is 11.8. The van der Waals surface area contributed by atoms with Crippen LogP contribution in [0.4, 0.5) is 0 Å².